The summed E-state index contributed by atoms with van der Waals surface area (Å²) in [5, 5.41) is 5.24. The second kappa shape index (κ2) is 4.38. The van der Waals surface area contributed by atoms with Gasteiger partial charge in [0.2, 0.25) is 5.95 Å². The van der Waals surface area contributed by atoms with Gasteiger partial charge in [0.25, 0.3) is 0 Å². The second-order valence-corrected chi connectivity index (χ2v) is 4.59. The summed E-state index contributed by atoms with van der Waals surface area (Å²) in [6.07, 6.45) is 1.80. The number of nitrogen functional groups attached to an aromatic ring is 1. The first kappa shape index (κ1) is 11.2. The maximum atomic E-state index is 5.56. The molecule has 3 aromatic rings. The van der Waals surface area contributed by atoms with Crippen molar-refractivity contribution >= 4 is 32.8 Å². The van der Waals surface area contributed by atoms with E-state index in [2.05, 4.69) is 31.0 Å². The van der Waals surface area contributed by atoms with Crippen molar-refractivity contribution in [3.05, 3.63) is 46.8 Å². The molecule has 0 amide bonds. The van der Waals surface area contributed by atoms with Crippen LogP contribution in [0.1, 0.15) is 5.56 Å². The number of rotatable bonds is 2. The third-order valence-corrected chi connectivity index (χ3v) is 3.29. The number of hydrogen-bond donors (Lipinski definition) is 1. The number of halogens is 1. The molecule has 0 saturated heterocycles. The zero-order valence-corrected chi connectivity index (χ0v) is 11.0. The lowest BCUT2D eigenvalue weighted by Gasteiger charge is -2.06. The molecule has 18 heavy (non-hydrogen) atoms. The number of para-hydroxylation sites is 1. The standard InChI is InChI=1S/C12H10BrN5/c13-11-16-12(14)17-18(11)7-8-5-6-15-10-4-2-1-3-9(8)10/h1-6H,7H2,(H2,14,17). The highest BCUT2D eigenvalue weighted by molar-refractivity contribution is 9.10. The monoisotopic (exact) mass is 303 g/mol. The topological polar surface area (TPSA) is 69.6 Å². The van der Waals surface area contributed by atoms with Crippen LogP contribution in [0.4, 0.5) is 5.95 Å². The minimum absolute atomic E-state index is 0.264. The second-order valence-electron chi connectivity index (χ2n) is 3.88. The average Bonchev–Trinajstić information content (AvgIpc) is 2.68. The first-order chi connectivity index (χ1) is 8.74. The molecule has 0 aliphatic heterocycles. The normalized spacial score (nSPS) is 10.9. The third-order valence-electron chi connectivity index (χ3n) is 2.70. The van der Waals surface area contributed by atoms with E-state index in [-0.39, 0.29) is 5.95 Å². The van der Waals surface area contributed by atoms with Gasteiger partial charge in [-0.2, -0.15) is 4.98 Å². The van der Waals surface area contributed by atoms with Crippen LogP contribution >= 0.6 is 15.9 Å². The van der Waals surface area contributed by atoms with E-state index in [9.17, 15) is 0 Å². The molecule has 2 aromatic heterocycles. The predicted octanol–water partition coefficient (Wildman–Crippen LogP) is 2.22. The van der Waals surface area contributed by atoms with E-state index in [0.29, 0.717) is 11.3 Å². The lowest BCUT2D eigenvalue weighted by molar-refractivity contribution is 0.673. The van der Waals surface area contributed by atoms with Crippen LogP contribution in [0, 0.1) is 0 Å². The molecule has 1 aromatic carbocycles. The van der Waals surface area contributed by atoms with Gasteiger partial charge in [-0.15, -0.1) is 5.10 Å². The van der Waals surface area contributed by atoms with Gasteiger partial charge in [-0.05, 0) is 33.6 Å². The molecule has 0 unspecified atom stereocenters. The molecule has 0 spiro atoms. The Morgan fingerprint density at radius 2 is 2.06 bits per heavy atom. The van der Waals surface area contributed by atoms with Gasteiger partial charge in [0.1, 0.15) is 0 Å². The molecule has 90 valence electrons. The fraction of sp³-hybridized carbons (Fsp3) is 0.0833. The summed E-state index contributed by atoms with van der Waals surface area (Å²) in [5.74, 6) is 0.264. The molecular weight excluding hydrogens is 294 g/mol. The number of nitrogens with zero attached hydrogens (tertiary/aromatic N) is 4. The molecule has 0 radical (unpaired) electrons. The van der Waals surface area contributed by atoms with Gasteiger partial charge in [-0.3, -0.25) is 4.98 Å². The molecule has 6 heteroatoms. The molecule has 0 fully saturated rings. The molecule has 0 saturated carbocycles. The summed E-state index contributed by atoms with van der Waals surface area (Å²) >= 11 is 3.33. The van der Waals surface area contributed by atoms with Crippen molar-refractivity contribution in [2.75, 3.05) is 5.73 Å². The van der Waals surface area contributed by atoms with Crippen molar-refractivity contribution in [3.63, 3.8) is 0 Å². The Morgan fingerprint density at radius 3 is 2.83 bits per heavy atom. The highest BCUT2D eigenvalue weighted by Gasteiger charge is 2.07. The first-order valence-electron chi connectivity index (χ1n) is 5.42. The van der Waals surface area contributed by atoms with Gasteiger partial charge in [0.15, 0.2) is 4.73 Å². The zero-order valence-electron chi connectivity index (χ0n) is 9.42. The molecular formula is C12H10BrN5. The summed E-state index contributed by atoms with van der Waals surface area (Å²) in [6, 6.07) is 9.99. The molecule has 0 atom stereocenters. The Bertz CT molecular complexity index is 701. The van der Waals surface area contributed by atoms with Crippen LogP contribution in [0.2, 0.25) is 0 Å². The third kappa shape index (κ3) is 1.95. The Kier molecular flexibility index (Phi) is 2.71. The molecule has 2 N–H and O–H groups in total. The predicted molar refractivity (Wildman–Crippen MR) is 73.0 cm³/mol. The summed E-state index contributed by atoms with van der Waals surface area (Å²) in [6.45, 7) is 0.605. The first-order valence-corrected chi connectivity index (χ1v) is 6.22. The number of pyridine rings is 1. The van der Waals surface area contributed by atoms with Crippen LogP contribution in [0.15, 0.2) is 41.3 Å². The van der Waals surface area contributed by atoms with Crippen LogP contribution in [-0.2, 0) is 6.54 Å². The van der Waals surface area contributed by atoms with Gasteiger partial charge >= 0.3 is 0 Å². The van der Waals surface area contributed by atoms with Gasteiger partial charge in [0, 0.05) is 11.6 Å². The number of fused-ring (bicyclic) bond motifs is 1. The summed E-state index contributed by atoms with van der Waals surface area (Å²) in [5.41, 5.74) is 7.66. The van der Waals surface area contributed by atoms with E-state index < -0.39 is 0 Å². The average molecular weight is 304 g/mol. The maximum absolute atomic E-state index is 5.56. The minimum Gasteiger partial charge on any atom is -0.366 e. The fourth-order valence-electron chi connectivity index (χ4n) is 1.89. The highest BCUT2D eigenvalue weighted by atomic mass is 79.9. The smallest absolute Gasteiger partial charge is 0.240 e. The highest BCUT2D eigenvalue weighted by Crippen LogP contribution is 2.18. The van der Waals surface area contributed by atoms with Gasteiger partial charge in [0.05, 0.1) is 12.1 Å². The summed E-state index contributed by atoms with van der Waals surface area (Å²) in [4.78, 5) is 8.35. The number of nitrogens with two attached hydrogens (primary N) is 1. The Morgan fingerprint density at radius 1 is 1.22 bits per heavy atom. The quantitative estimate of drug-likeness (QED) is 0.788. The van der Waals surface area contributed by atoms with E-state index in [1.54, 1.807) is 10.9 Å². The van der Waals surface area contributed by atoms with Crippen LogP contribution in [-0.4, -0.2) is 19.7 Å². The molecule has 0 aliphatic carbocycles. The van der Waals surface area contributed by atoms with Gasteiger partial charge in [-0.25, -0.2) is 4.68 Å². The lowest BCUT2D eigenvalue weighted by atomic mass is 10.1. The largest absolute Gasteiger partial charge is 0.366 e. The van der Waals surface area contributed by atoms with Crippen LogP contribution in [0.5, 0.6) is 0 Å². The maximum Gasteiger partial charge on any atom is 0.240 e. The zero-order chi connectivity index (χ0) is 12.5. The number of aromatic nitrogens is 4. The SMILES string of the molecule is Nc1nc(Br)n(Cc2ccnc3ccccc23)n1. The van der Waals surface area contributed by atoms with Crippen molar-refractivity contribution in [2.24, 2.45) is 0 Å². The van der Waals surface area contributed by atoms with E-state index in [0.717, 1.165) is 16.5 Å². The van der Waals surface area contributed by atoms with E-state index in [1.165, 1.54) is 0 Å². The molecule has 3 rings (SSSR count). The number of benzene rings is 1. The van der Waals surface area contributed by atoms with Crippen LogP contribution in [0.25, 0.3) is 10.9 Å². The molecule has 2 heterocycles. The Hall–Kier alpha value is -1.95. The fourth-order valence-corrected chi connectivity index (χ4v) is 2.28. The lowest BCUT2D eigenvalue weighted by Crippen LogP contribution is -2.03. The van der Waals surface area contributed by atoms with Crippen molar-refractivity contribution in [2.45, 2.75) is 6.54 Å². The van der Waals surface area contributed by atoms with Gasteiger partial charge < -0.3 is 5.73 Å². The number of hydrogen-bond acceptors (Lipinski definition) is 4. The Labute approximate surface area is 112 Å². The Balaban J connectivity index is 2.07. The summed E-state index contributed by atoms with van der Waals surface area (Å²) < 4.78 is 2.35. The van der Waals surface area contributed by atoms with E-state index >= 15 is 0 Å². The van der Waals surface area contributed by atoms with Crippen LogP contribution in [0.3, 0.4) is 0 Å². The van der Waals surface area contributed by atoms with Crippen molar-refractivity contribution < 1.29 is 0 Å². The van der Waals surface area contributed by atoms with Crippen molar-refractivity contribution in [1.82, 2.24) is 19.7 Å². The van der Waals surface area contributed by atoms with Crippen molar-refractivity contribution in [1.29, 1.82) is 0 Å². The van der Waals surface area contributed by atoms with Crippen LogP contribution < -0.4 is 5.73 Å². The molecule has 0 aliphatic rings. The minimum atomic E-state index is 0.264. The number of anilines is 1. The summed E-state index contributed by atoms with van der Waals surface area (Å²) in [7, 11) is 0. The van der Waals surface area contributed by atoms with Crippen molar-refractivity contribution in [3.8, 4) is 0 Å². The van der Waals surface area contributed by atoms with E-state index in [4.69, 9.17) is 5.73 Å². The molecule has 0 bridgehead atoms. The van der Waals surface area contributed by atoms with E-state index in [1.807, 2.05) is 30.3 Å². The molecule has 5 nitrogen and oxygen atoms in total. The van der Waals surface area contributed by atoms with Gasteiger partial charge in [-0.1, -0.05) is 18.2 Å².